The minimum atomic E-state index is -0.643. The fourth-order valence-corrected chi connectivity index (χ4v) is 4.71. The topological polar surface area (TPSA) is 94.2 Å². The molecule has 0 saturated carbocycles. The molecule has 2 atom stereocenters. The van der Waals surface area contributed by atoms with Crippen LogP contribution in [0, 0.1) is 0 Å². The van der Waals surface area contributed by atoms with Gasteiger partial charge in [0.15, 0.2) is 0 Å². The predicted octanol–water partition coefficient (Wildman–Crippen LogP) is 3.37. The molecule has 0 bridgehead atoms. The second kappa shape index (κ2) is 12.3. The monoisotopic (exact) mass is 505 g/mol. The van der Waals surface area contributed by atoms with E-state index in [1.807, 2.05) is 37.8 Å². The van der Waals surface area contributed by atoms with E-state index >= 15 is 0 Å². The van der Waals surface area contributed by atoms with Crippen LogP contribution < -0.4 is 10.6 Å². The number of hydrogen-bond acceptors (Lipinski definition) is 5. The molecule has 1 saturated heterocycles. The molecule has 0 radical (unpaired) electrons. The van der Waals surface area contributed by atoms with Gasteiger partial charge in [-0.2, -0.15) is 0 Å². The van der Waals surface area contributed by atoms with Gasteiger partial charge in [-0.15, -0.1) is 0 Å². The fraction of sp³-hybridized carbons (Fsp3) is 0.560. The molecule has 35 heavy (non-hydrogen) atoms. The highest BCUT2D eigenvalue weighted by Gasteiger charge is 2.39. The minimum absolute atomic E-state index is 0.00759. The maximum Gasteiger partial charge on any atom is 0.338 e. The molecule has 4 amide bonds. The van der Waals surface area contributed by atoms with Crippen LogP contribution in [-0.4, -0.2) is 84.6 Å². The van der Waals surface area contributed by atoms with Gasteiger partial charge in [-0.25, -0.2) is 14.4 Å². The van der Waals surface area contributed by atoms with E-state index in [4.69, 9.17) is 16.3 Å². The van der Waals surface area contributed by atoms with Crippen LogP contribution in [0.1, 0.15) is 45.7 Å². The van der Waals surface area contributed by atoms with Gasteiger partial charge < -0.3 is 20.3 Å². The third kappa shape index (κ3) is 6.27. The summed E-state index contributed by atoms with van der Waals surface area (Å²) in [6.45, 7) is 11.2. The molecular formula is C25H36ClN5O4. The Balaban J connectivity index is 1.92. The predicted molar refractivity (Wildman–Crippen MR) is 135 cm³/mol. The molecular weight excluding hydrogens is 470 g/mol. The van der Waals surface area contributed by atoms with Gasteiger partial charge in [-0.3, -0.25) is 9.80 Å². The van der Waals surface area contributed by atoms with E-state index in [1.165, 1.54) is 0 Å². The summed E-state index contributed by atoms with van der Waals surface area (Å²) < 4.78 is 5.43. The van der Waals surface area contributed by atoms with Gasteiger partial charge in [0.05, 0.1) is 18.2 Å². The van der Waals surface area contributed by atoms with Crippen LogP contribution in [0.4, 0.5) is 9.59 Å². The second-order valence-corrected chi connectivity index (χ2v) is 9.21. The Hall–Kier alpha value is -2.78. The Morgan fingerprint density at radius 3 is 2.49 bits per heavy atom. The Morgan fingerprint density at radius 1 is 1.17 bits per heavy atom. The van der Waals surface area contributed by atoms with Gasteiger partial charge in [-0.05, 0) is 44.9 Å². The standard InChI is InChI=1S/C25H36ClN5O4/c1-5-12-27-24(33)31-14-13-29(15-17(31)4)16-20-21(23(32)35-7-3)22(28-25(34)30(20)6-2)18-8-10-19(26)11-9-18/h8-11,17,22H,5-7,12-16H2,1-4H3,(H,27,33)(H,28,34). The number of likely N-dealkylation sites (N-methyl/N-ethyl adjacent to an activating group) is 1. The Kier molecular flexibility index (Phi) is 9.40. The number of ether oxygens (including phenoxy) is 1. The van der Waals surface area contributed by atoms with Crippen LogP contribution in [0.2, 0.25) is 5.02 Å². The van der Waals surface area contributed by atoms with Crippen molar-refractivity contribution in [2.75, 3.05) is 45.9 Å². The molecule has 2 aliphatic rings. The first-order valence-corrected chi connectivity index (χ1v) is 12.7. The molecule has 1 fully saturated rings. The van der Waals surface area contributed by atoms with Gasteiger partial charge in [0.2, 0.25) is 0 Å². The molecule has 3 rings (SSSR count). The maximum absolute atomic E-state index is 13.2. The van der Waals surface area contributed by atoms with Crippen molar-refractivity contribution in [3.63, 3.8) is 0 Å². The lowest BCUT2D eigenvalue weighted by molar-refractivity contribution is -0.139. The quantitative estimate of drug-likeness (QED) is 0.528. The molecule has 9 nitrogen and oxygen atoms in total. The zero-order valence-electron chi connectivity index (χ0n) is 21.0. The molecule has 2 N–H and O–H groups in total. The van der Waals surface area contributed by atoms with Crippen molar-refractivity contribution in [2.24, 2.45) is 0 Å². The highest BCUT2D eigenvalue weighted by molar-refractivity contribution is 6.30. The van der Waals surface area contributed by atoms with Crippen LogP contribution >= 0.6 is 11.6 Å². The zero-order valence-corrected chi connectivity index (χ0v) is 21.7. The van der Waals surface area contributed by atoms with Crippen LogP contribution in [0.15, 0.2) is 35.5 Å². The highest BCUT2D eigenvalue weighted by Crippen LogP contribution is 2.33. The molecule has 2 aliphatic heterocycles. The van der Waals surface area contributed by atoms with E-state index in [1.54, 1.807) is 24.0 Å². The number of nitrogens with zero attached hydrogens (tertiary/aromatic N) is 3. The van der Waals surface area contributed by atoms with Gasteiger partial charge >= 0.3 is 18.0 Å². The summed E-state index contributed by atoms with van der Waals surface area (Å²) in [6.07, 6.45) is 0.884. The van der Waals surface area contributed by atoms with E-state index in [0.29, 0.717) is 55.6 Å². The van der Waals surface area contributed by atoms with Crippen molar-refractivity contribution in [2.45, 2.75) is 46.2 Å². The van der Waals surface area contributed by atoms with Crippen LogP contribution in [0.5, 0.6) is 0 Å². The number of benzene rings is 1. The number of esters is 1. The lowest BCUT2D eigenvalue weighted by Gasteiger charge is -2.42. The first-order chi connectivity index (χ1) is 16.8. The smallest absolute Gasteiger partial charge is 0.338 e. The first-order valence-electron chi connectivity index (χ1n) is 12.3. The number of urea groups is 2. The molecule has 1 aromatic carbocycles. The lowest BCUT2D eigenvalue weighted by Crippen LogP contribution is -2.58. The molecule has 0 spiro atoms. The summed E-state index contributed by atoms with van der Waals surface area (Å²) in [5, 5.41) is 6.48. The third-order valence-corrected chi connectivity index (χ3v) is 6.58. The van der Waals surface area contributed by atoms with Gasteiger partial charge in [0, 0.05) is 56.0 Å². The Bertz CT molecular complexity index is 952. The van der Waals surface area contributed by atoms with Gasteiger partial charge in [0.25, 0.3) is 0 Å². The average Bonchev–Trinajstić information content (AvgIpc) is 2.83. The summed E-state index contributed by atoms with van der Waals surface area (Å²) in [4.78, 5) is 44.4. The number of hydrogen-bond donors (Lipinski definition) is 2. The van der Waals surface area contributed by atoms with Gasteiger partial charge in [0.1, 0.15) is 0 Å². The van der Waals surface area contributed by atoms with Crippen molar-refractivity contribution in [1.29, 1.82) is 0 Å². The zero-order chi connectivity index (χ0) is 25.5. The van der Waals surface area contributed by atoms with E-state index in [9.17, 15) is 14.4 Å². The molecule has 10 heteroatoms. The van der Waals surface area contributed by atoms with Crippen molar-refractivity contribution >= 4 is 29.6 Å². The molecule has 0 aliphatic carbocycles. The maximum atomic E-state index is 13.2. The Labute approximate surface area is 212 Å². The van der Waals surface area contributed by atoms with Crippen LogP contribution in [-0.2, 0) is 9.53 Å². The number of amides is 4. The second-order valence-electron chi connectivity index (χ2n) is 8.77. The summed E-state index contributed by atoms with van der Waals surface area (Å²) >= 11 is 6.07. The van der Waals surface area contributed by atoms with Crippen LogP contribution in [0.25, 0.3) is 0 Å². The average molecular weight is 506 g/mol. The molecule has 1 aromatic rings. The van der Waals surface area contributed by atoms with Gasteiger partial charge in [-0.1, -0.05) is 30.7 Å². The van der Waals surface area contributed by atoms with Crippen molar-refractivity contribution < 1.29 is 19.1 Å². The fourth-order valence-electron chi connectivity index (χ4n) is 4.59. The van der Waals surface area contributed by atoms with Crippen molar-refractivity contribution in [1.82, 2.24) is 25.3 Å². The summed E-state index contributed by atoms with van der Waals surface area (Å²) in [7, 11) is 0. The first kappa shape index (κ1) is 26.8. The Morgan fingerprint density at radius 2 is 1.89 bits per heavy atom. The van der Waals surface area contributed by atoms with E-state index in [2.05, 4.69) is 15.5 Å². The molecule has 192 valence electrons. The number of nitrogens with one attached hydrogen (secondary N) is 2. The number of carbonyl (C=O) groups is 3. The normalized spacial score (nSPS) is 21.1. The number of carbonyl (C=O) groups excluding carboxylic acids is 3. The molecule has 2 heterocycles. The van der Waals surface area contributed by atoms with E-state index in [-0.39, 0.29) is 24.7 Å². The lowest BCUT2D eigenvalue weighted by atomic mass is 9.94. The molecule has 0 aromatic heterocycles. The molecule has 2 unspecified atom stereocenters. The largest absolute Gasteiger partial charge is 0.463 e. The summed E-state index contributed by atoms with van der Waals surface area (Å²) in [5.41, 5.74) is 1.81. The number of piperazine rings is 1. The third-order valence-electron chi connectivity index (χ3n) is 6.33. The van der Waals surface area contributed by atoms with Crippen molar-refractivity contribution in [3.8, 4) is 0 Å². The highest BCUT2D eigenvalue weighted by atomic mass is 35.5. The SMILES string of the molecule is CCCNC(=O)N1CCN(CC2=C(C(=O)OCC)C(c3ccc(Cl)cc3)NC(=O)N2CC)CC1C. The minimum Gasteiger partial charge on any atom is -0.463 e. The van der Waals surface area contributed by atoms with Crippen molar-refractivity contribution in [3.05, 3.63) is 46.1 Å². The number of halogens is 1. The van der Waals surface area contributed by atoms with E-state index in [0.717, 1.165) is 12.0 Å². The van der Waals surface area contributed by atoms with E-state index < -0.39 is 12.0 Å². The number of rotatable bonds is 8. The summed E-state index contributed by atoms with van der Waals surface area (Å²) in [5.74, 6) is -0.452. The van der Waals surface area contributed by atoms with Crippen LogP contribution in [0.3, 0.4) is 0 Å². The summed E-state index contributed by atoms with van der Waals surface area (Å²) in [6, 6.07) is 6.12.